The van der Waals surface area contributed by atoms with Crippen molar-refractivity contribution in [1.29, 1.82) is 0 Å². The van der Waals surface area contributed by atoms with E-state index in [1.54, 1.807) is 0 Å². The van der Waals surface area contributed by atoms with Gasteiger partial charge in [0.15, 0.2) is 5.82 Å². The van der Waals surface area contributed by atoms with E-state index >= 15 is 0 Å². The number of nitrogens with zero attached hydrogens (tertiary/aromatic N) is 3. The average Bonchev–Trinajstić information content (AvgIpc) is 2.81. The molecule has 0 aliphatic heterocycles. The van der Waals surface area contributed by atoms with Gasteiger partial charge in [-0.1, -0.05) is 32.9 Å². The fraction of sp³-hybridized carbons (Fsp3) is 0.500. The first-order valence-corrected chi connectivity index (χ1v) is 8.47. The van der Waals surface area contributed by atoms with Crippen LogP contribution < -0.4 is 11.0 Å². The van der Waals surface area contributed by atoms with Crippen LogP contribution in [0.4, 0.5) is 13.2 Å². The zero-order valence-electron chi connectivity index (χ0n) is 15.7. The first-order chi connectivity index (χ1) is 12.4. The van der Waals surface area contributed by atoms with Crippen molar-refractivity contribution in [3.05, 3.63) is 40.3 Å². The molecule has 2 rings (SSSR count). The minimum Gasteiger partial charge on any atom is -0.354 e. The van der Waals surface area contributed by atoms with Crippen molar-refractivity contribution in [3.8, 4) is 11.4 Å². The number of benzene rings is 1. The van der Waals surface area contributed by atoms with Gasteiger partial charge in [0.2, 0.25) is 5.91 Å². The van der Waals surface area contributed by atoms with E-state index in [9.17, 15) is 22.8 Å². The van der Waals surface area contributed by atoms with Crippen molar-refractivity contribution in [1.82, 2.24) is 19.7 Å². The molecule has 2 aromatic rings. The maximum absolute atomic E-state index is 12.9. The van der Waals surface area contributed by atoms with E-state index in [4.69, 9.17) is 0 Å². The van der Waals surface area contributed by atoms with Crippen LogP contribution in [0.2, 0.25) is 0 Å². The number of halogens is 3. The molecule has 0 saturated heterocycles. The molecule has 0 unspecified atom stereocenters. The molecule has 1 N–H and O–H groups in total. The van der Waals surface area contributed by atoms with Crippen LogP contribution in [0.1, 0.15) is 32.8 Å². The van der Waals surface area contributed by atoms with Crippen LogP contribution in [0.25, 0.3) is 11.4 Å². The normalized spacial score (nSPS) is 12.3. The molecule has 1 amide bonds. The lowest BCUT2D eigenvalue weighted by Crippen LogP contribution is -2.33. The molecule has 0 saturated carbocycles. The second-order valence-corrected chi connectivity index (χ2v) is 7.55. The van der Waals surface area contributed by atoms with Gasteiger partial charge in [-0.3, -0.25) is 9.36 Å². The molecule has 1 aromatic heterocycles. The summed E-state index contributed by atoms with van der Waals surface area (Å²) in [5.41, 5.74) is -1.23. The van der Waals surface area contributed by atoms with E-state index in [1.165, 1.54) is 23.7 Å². The Morgan fingerprint density at radius 3 is 2.48 bits per heavy atom. The van der Waals surface area contributed by atoms with Gasteiger partial charge < -0.3 is 5.32 Å². The van der Waals surface area contributed by atoms with Gasteiger partial charge in [0, 0.05) is 25.6 Å². The fourth-order valence-electron chi connectivity index (χ4n) is 2.56. The summed E-state index contributed by atoms with van der Waals surface area (Å²) in [5.74, 6) is -0.00306. The van der Waals surface area contributed by atoms with Crippen LogP contribution >= 0.6 is 0 Å². The first-order valence-electron chi connectivity index (χ1n) is 8.47. The van der Waals surface area contributed by atoms with Gasteiger partial charge >= 0.3 is 11.9 Å². The first kappa shape index (κ1) is 20.7. The third-order valence-corrected chi connectivity index (χ3v) is 3.83. The summed E-state index contributed by atoms with van der Waals surface area (Å²) in [7, 11) is 1.44. The standard InChI is InChI=1S/C18H23F3N4O2/c1-17(2,3)11-14(26)22-8-9-25-16(27)24(4)15(23-25)12-6-5-7-13(10-12)18(19,20)21/h5-7,10H,8-9,11H2,1-4H3,(H,22,26). The zero-order valence-corrected chi connectivity index (χ0v) is 15.7. The van der Waals surface area contributed by atoms with Gasteiger partial charge in [0.1, 0.15) is 0 Å². The lowest BCUT2D eigenvalue weighted by atomic mass is 9.92. The molecule has 9 heteroatoms. The highest BCUT2D eigenvalue weighted by atomic mass is 19.4. The minimum atomic E-state index is -4.48. The highest BCUT2D eigenvalue weighted by molar-refractivity contribution is 5.76. The van der Waals surface area contributed by atoms with E-state index in [2.05, 4.69) is 10.4 Å². The summed E-state index contributed by atoms with van der Waals surface area (Å²) in [6, 6.07) is 4.65. The van der Waals surface area contributed by atoms with Gasteiger partial charge in [-0.25, -0.2) is 9.48 Å². The Kier molecular flexibility index (Phi) is 5.82. The quantitative estimate of drug-likeness (QED) is 0.862. The number of carbonyl (C=O) groups is 1. The van der Waals surface area contributed by atoms with Gasteiger partial charge in [-0.05, 0) is 17.5 Å². The van der Waals surface area contributed by atoms with Crippen LogP contribution in [-0.4, -0.2) is 26.8 Å². The van der Waals surface area contributed by atoms with Crippen molar-refractivity contribution in [2.75, 3.05) is 6.54 Å². The number of rotatable bonds is 5. The molecule has 6 nitrogen and oxygen atoms in total. The highest BCUT2D eigenvalue weighted by Gasteiger charge is 2.31. The predicted molar refractivity (Wildman–Crippen MR) is 95.0 cm³/mol. The van der Waals surface area contributed by atoms with Crippen molar-refractivity contribution in [2.45, 2.75) is 39.9 Å². The number of carbonyl (C=O) groups excluding carboxylic acids is 1. The molecular formula is C18H23F3N4O2. The Morgan fingerprint density at radius 2 is 1.89 bits per heavy atom. The van der Waals surface area contributed by atoms with Crippen LogP contribution in [-0.2, 0) is 24.6 Å². The summed E-state index contributed by atoms with van der Waals surface area (Å²) >= 11 is 0. The SMILES string of the molecule is Cn1c(-c2cccc(C(F)(F)F)c2)nn(CCNC(=O)CC(C)(C)C)c1=O. The monoisotopic (exact) mass is 384 g/mol. The summed E-state index contributed by atoms with van der Waals surface area (Å²) in [6.07, 6.45) is -4.13. The van der Waals surface area contributed by atoms with Gasteiger partial charge in [0.05, 0.1) is 12.1 Å². The smallest absolute Gasteiger partial charge is 0.354 e. The average molecular weight is 384 g/mol. The van der Waals surface area contributed by atoms with Gasteiger partial charge in [0.25, 0.3) is 0 Å². The Bertz CT molecular complexity index is 876. The molecule has 0 atom stereocenters. The van der Waals surface area contributed by atoms with Crippen LogP contribution in [0.3, 0.4) is 0 Å². The molecule has 148 valence electrons. The number of alkyl halides is 3. The fourth-order valence-corrected chi connectivity index (χ4v) is 2.56. The Morgan fingerprint density at radius 1 is 1.22 bits per heavy atom. The van der Waals surface area contributed by atoms with Gasteiger partial charge in [-0.15, -0.1) is 5.10 Å². The summed E-state index contributed by atoms with van der Waals surface area (Å²) in [5, 5.41) is 6.84. The van der Waals surface area contributed by atoms with Crippen molar-refractivity contribution < 1.29 is 18.0 Å². The van der Waals surface area contributed by atoms with Crippen LogP contribution in [0.15, 0.2) is 29.1 Å². The predicted octanol–water partition coefficient (Wildman–Crippen LogP) is 2.82. The molecule has 0 bridgehead atoms. The summed E-state index contributed by atoms with van der Waals surface area (Å²) < 4.78 is 41.0. The molecule has 0 aliphatic rings. The molecule has 0 fully saturated rings. The zero-order chi connectivity index (χ0) is 20.4. The second kappa shape index (κ2) is 7.58. The van der Waals surface area contributed by atoms with Crippen LogP contribution in [0.5, 0.6) is 0 Å². The molecule has 1 heterocycles. The maximum atomic E-state index is 12.9. The van der Waals surface area contributed by atoms with Gasteiger partial charge in [-0.2, -0.15) is 13.2 Å². The third kappa shape index (κ3) is 5.45. The number of hydrogen-bond donors (Lipinski definition) is 1. The lowest BCUT2D eigenvalue weighted by molar-refractivity contribution is -0.137. The topological polar surface area (TPSA) is 68.9 Å². The second-order valence-electron chi connectivity index (χ2n) is 7.55. The van der Waals surface area contributed by atoms with E-state index in [0.717, 1.165) is 16.8 Å². The molecular weight excluding hydrogens is 361 g/mol. The molecule has 0 radical (unpaired) electrons. The van der Waals surface area contributed by atoms with E-state index < -0.39 is 17.4 Å². The number of amides is 1. The van der Waals surface area contributed by atoms with E-state index in [0.29, 0.717) is 6.42 Å². The van der Waals surface area contributed by atoms with Crippen molar-refractivity contribution >= 4 is 5.91 Å². The number of hydrogen-bond acceptors (Lipinski definition) is 3. The molecule has 0 spiro atoms. The molecule has 1 aromatic carbocycles. The summed E-state index contributed by atoms with van der Waals surface area (Å²) in [4.78, 5) is 24.1. The largest absolute Gasteiger partial charge is 0.416 e. The third-order valence-electron chi connectivity index (χ3n) is 3.83. The number of nitrogens with one attached hydrogen (secondary N) is 1. The Hall–Kier alpha value is -2.58. The van der Waals surface area contributed by atoms with Crippen molar-refractivity contribution in [3.63, 3.8) is 0 Å². The number of aromatic nitrogens is 3. The molecule has 27 heavy (non-hydrogen) atoms. The van der Waals surface area contributed by atoms with Crippen molar-refractivity contribution in [2.24, 2.45) is 12.5 Å². The van der Waals surface area contributed by atoms with E-state index in [1.807, 2.05) is 20.8 Å². The van der Waals surface area contributed by atoms with Crippen LogP contribution in [0, 0.1) is 5.41 Å². The Balaban J connectivity index is 2.15. The van der Waals surface area contributed by atoms with E-state index in [-0.39, 0.29) is 35.8 Å². The maximum Gasteiger partial charge on any atom is 0.416 e. The Labute approximate surface area is 155 Å². The minimum absolute atomic E-state index is 0.127. The summed E-state index contributed by atoms with van der Waals surface area (Å²) in [6.45, 7) is 6.15. The lowest BCUT2D eigenvalue weighted by Gasteiger charge is -2.17. The highest BCUT2D eigenvalue weighted by Crippen LogP contribution is 2.31. The molecule has 0 aliphatic carbocycles.